The molecule has 0 bridgehead atoms. The Morgan fingerprint density at radius 1 is 1.18 bits per heavy atom. The van der Waals surface area contributed by atoms with Gasteiger partial charge >= 0.3 is 0 Å². The first kappa shape index (κ1) is 11.9. The van der Waals surface area contributed by atoms with E-state index in [1.807, 2.05) is 18.2 Å². The summed E-state index contributed by atoms with van der Waals surface area (Å²) in [6.45, 7) is 3.82. The summed E-state index contributed by atoms with van der Waals surface area (Å²) in [5, 5.41) is 8.77. The van der Waals surface area contributed by atoms with Crippen molar-refractivity contribution in [3.63, 3.8) is 0 Å². The minimum absolute atomic E-state index is 0.698. The summed E-state index contributed by atoms with van der Waals surface area (Å²) in [6, 6.07) is 10.3. The van der Waals surface area contributed by atoms with E-state index < -0.39 is 0 Å². The molecule has 1 fully saturated rings. The molecular weight excluding hydrogens is 206 g/mol. The van der Waals surface area contributed by atoms with Crippen molar-refractivity contribution in [3.8, 4) is 6.07 Å². The molecular formula is C16H19N. The van der Waals surface area contributed by atoms with Gasteiger partial charge in [-0.05, 0) is 61.6 Å². The highest BCUT2D eigenvalue weighted by Gasteiger charge is 2.21. The average molecular weight is 225 g/mol. The predicted octanol–water partition coefficient (Wildman–Crippen LogP) is 4.41. The molecule has 0 atom stereocenters. The molecule has 0 aliphatic heterocycles. The Hall–Kier alpha value is -1.55. The van der Waals surface area contributed by atoms with E-state index in [-0.39, 0.29) is 0 Å². The molecule has 0 unspecified atom stereocenters. The van der Waals surface area contributed by atoms with Crippen molar-refractivity contribution in [2.75, 3.05) is 0 Å². The molecule has 0 heterocycles. The summed E-state index contributed by atoms with van der Waals surface area (Å²) in [6.07, 6.45) is 8.41. The zero-order chi connectivity index (χ0) is 12.1. The van der Waals surface area contributed by atoms with Gasteiger partial charge in [0.15, 0.2) is 0 Å². The third kappa shape index (κ3) is 2.97. The van der Waals surface area contributed by atoms with Crippen molar-refractivity contribution in [1.82, 2.24) is 0 Å². The molecule has 1 nitrogen and oxygen atoms in total. The topological polar surface area (TPSA) is 23.8 Å². The van der Waals surface area contributed by atoms with Crippen molar-refractivity contribution in [2.45, 2.75) is 38.0 Å². The first-order chi connectivity index (χ1) is 8.33. The Balaban J connectivity index is 1.96. The monoisotopic (exact) mass is 225 g/mol. The summed E-state index contributed by atoms with van der Waals surface area (Å²) < 4.78 is 0. The van der Waals surface area contributed by atoms with E-state index in [9.17, 15) is 0 Å². The van der Waals surface area contributed by atoms with Crippen LogP contribution in [-0.4, -0.2) is 0 Å². The van der Waals surface area contributed by atoms with Crippen LogP contribution >= 0.6 is 0 Å². The molecule has 1 aliphatic rings. The highest BCUT2D eigenvalue weighted by molar-refractivity contribution is 5.33. The van der Waals surface area contributed by atoms with Crippen molar-refractivity contribution in [2.24, 2.45) is 5.92 Å². The highest BCUT2D eigenvalue weighted by Crippen LogP contribution is 2.37. The van der Waals surface area contributed by atoms with Gasteiger partial charge in [-0.3, -0.25) is 0 Å². The van der Waals surface area contributed by atoms with Crippen LogP contribution in [0.4, 0.5) is 0 Å². The van der Waals surface area contributed by atoms with Crippen molar-refractivity contribution < 1.29 is 0 Å². The molecule has 0 saturated heterocycles. The summed E-state index contributed by atoms with van der Waals surface area (Å²) >= 11 is 0. The average Bonchev–Trinajstić information content (AvgIpc) is 2.40. The maximum atomic E-state index is 8.77. The molecule has 2 rings (SSSR count). The van der Waals surface area contributed by atoms with Crippen molar-refractivity contribution in [3.05, 3.63) is 48.0 Å². The third-order valence-corrected chi connectivity index (χ3v) is 3.86. The lowest BCUT2D eigenvalue weighted by Gasteiger charge is -2.28. The summed E-state index contributed by atoms with van der Waals surface area (Å²) in [5.41, 5.74) is 2.16. The molecule has 0 radical (unpaired) electrons. The molecule has 1 aromatic rings. The van der Waals surface area contributed by atoms with Crippen LogP contribution in [0.25, 0.3) is 0 Å². The predicted molar refractivity (Wildman–Crippen MR) is 70.7 cm³/mol. The van der Waals surface area contributed by atoms with Gasteiger partial charge in [0.2, 0.25) is 0 Å². The quantitative estimate of drug-likeness (QED) is 0.699. The normalized spacial score (nSPS) is 23.9. The van der Waals surface area contributed by atoms with E-state index >= 15 is 0 Å². The van der Waals surface area contributed by atoms with Crippen molar-refractivity contribution in [1.29, 1.82) is 5.26 Å². The van der Waals surface area contributed by atoms with E-state index in [4.69, 9.17) is 5.26 Å². The molecule has 1 heteroatoms. The molecule has 88 valence electrons. The first-order valence-corrected chi connectivity index (χ1v) is 6.44. The zero-order valence-corrected chi connectivity index (χ0v) is 10.2. The van der Waals surface area contributed by atoms with Gasteiger partial charge in [-0.25, -0.2) is 0 Å². The lowest BCUT2D eigenvalue weighted by atomic mass is 9.77. The fourth-order valence-electron chi connectivity index (χ4n) is 2.80. The minimum Gasteiger partial charge on any atom is -0.192 e. The van der Waals surface area contributed by atoms with Crippen LogP contribution in [0.2, 0.25) is 0 Å². The van der Waals surface area contributed by atoms with Gasteiger partial charge < -0.3 is 0 Å². The molecule has 0 N–H and O–H groups in total. The summed E-state index contributed by atoms with van der Waals surface area (Å²) in [5.74, 6) is 1.55. The lowest BCUT2D eigenvalue weighted by Crippen LogP contribution is -2.12. The van der Waals surface area contributed by atoms with Gasteiger partial charge in [0.1, 0.15) is 0 Å². The Bertz CT molecular complexity index is 402. The Labute approximate surface area is 104 Å². The second kappa shape index (κ2) is 5.68. The minimum atomic E-state index is 0.698. The number of nitriles is 1. The number of hydrogen-bond donors (Lipinski definition) is 0. The van der Waals surface area contributed by atoms with Gasteiger partial charge in [-0.1, -0.05) is 18.2 Å². The van der Waals surface area contributed by atoms with E-state index in [0.717, 1.165) is 11.5 Å². The smallest absolute Gasteiger partial charge is 0.0991 e. The molecule has 1 aromatic carbocycles. The van der Waals surface area contributed by atoms with E-state index in [2.05, 4.69) is 24.8 Å². The first-order valence-electron chi connectivity index (χ1n) is 6.44. The number of nitrogens with zero attached hydrogens (tertiary/aromatic N) is 1. The van der Waals surface area contributed by atoms with Gasteiger partial charge in [0.25, 0.3) is 0 Å². The van der Waals surface area contributed by atoms with E-state index in [1.54, 1.807) is 0 Å². The zero-order valence-electron chi connectivity index (χ0n) is 10.2. The lowest BCUT2D eigenvalue weighted by molar-refractivity contribution is 0.328. The molecule has 1 saturated carbocycles. The maximum absolute atomic E-state index is 8.77. The fraction of sp³-hybridized carbons (Fsp3) is 0.438. The Morgan fingerprint density at radius 2 is 1.82 bits per heavy atom. The van der Waals surface area contributed by atoms with Crippen LogP contribution in [0.5, 0.6) is 0 Å². The van der Waals surface area contributed by atoms with Crippen LogP contribution in [0.3, 0.4) is 0 Å². The SMILES string of the molecule is C=CCC1CCC(c2ccc(C#N)cc2)CC1. The maximum Gasteiger partial charge on any atom is 0.0991 e. The van der Waals surface area contributed by atoms with E-state index in [0.29, 0.717) is 5.92 Å². The molecule has 0 aromatic heterocycles. The van der Waals surface area contributed by atoms with Crippen LogP contribution in [0.1, 0.15) is 49.1 Å². The highest BCUT2D eigenvalue weighted by atomic mass is 14.3. The number of benzene rings is 1. The largest absolute Gasteiger partial charge is 0.192 e. The fourth-order valence-corrected chi connectivity index (χ4v) is 2.80. The number of hydrogen-bond acceptors (Lipinski definition) is 1. The van der Waals surface area contributed by atoms with Gasteiger partial charge in [0, 0.05) is 0 Å². The summed E-state index contributed by atoms with van der Waals surface area (Å²) in [4.78, 5) is 0. The van der Waals surface area contributed by atoms with Gasteiger partial charge in [-0.15, -0.1) is 6.58 Å². The molecule has 0 amide bonds. The van der Waals surface area contributed by atoms with Crippen molar-refractivity contribution >= 4 is 0 Å². The number of rotatable bonds is 3. The van der Waals surface area contributed by atoms with Crippen LogP contribution in [-0.2, 0) is 0 Å². The molecule has 1 aliphatic carbocycles. The Morgan fingerprint density at radius 3 is 2.35 bits per heavy atom. The third-order valence-electron chi connectivity index (χ3n) is 3.86. The Kier molecular flexibility index (Phi) is 3.98. The second-order valence-corrected chi connectivity index (χ2v) is 4.98. The van der Waals surface area contributed by atoms with Crippen LogP contribution in [0.15, 0.2) is 36.9 Å². The van der Waals surface area contributed by atoms with Gasteiger partial charge in [0.05, 0.1) is 11.6 Å². The standard InChI is InChI=1S/C16H19N/c1-2-3-13-4-8-15(9-5-13)16-10-6-14(12-17)7-11-16/h2,6-7,10-11,13,15H,1,3-5,8-9H2. The van der Waals surface area contributed by atoms with Crippen LogP contribution in [0, 0.1) is 17.2 Å². The van der Waals surface area contributed by atoms with Crippen LogP contribution < -0.4 is 0 Å². The van der Waals surface area contributed by atoms with Gasteiger partial charge in [-0.2, -0.15) is 5.26 Å². The second-order valence-electron chi connectivity index (χ2n) is 4.98. The molecule has 17 heavy (non-hydrogen) atoms. The number of allylic oxidation sites excluding steroid dienone is 1. The summed E-state index contributed by atoms with van der Waals surface area (Å²) in [7, 11) is 0. The molecule has 0 spiro atoms. The van der Waals surface area contributed by atoms with E-state index in [1.165, 1.54) is 37.7 Å².